The third-order valence-electron chi connectivity index (χ3n) is 6.74. The van der Waals surface area contributed by atoms with Gasteiger partial charge in [-0.2, -0.15) is 18.3 Å². The molecular formula is C24H28F3N5O. The number of likely N-dealkylation sites (N-methyl/N-ethyl adjacent to an activating group) is 1. The lowest BCUT2D eigenvalue weighted by Gasteiger charge is -2.30. The predicted molar refractivity (Wildman–Crippen MR) is 120 cm³/mol. The van der Waals surface area contributed by atoms with Crippen LogP contribution in [0.3, 0.4) is 0 Å². The zero-order valence-corrected chi connectivity index (χ0v) is 18.7. The average molecular weight is 460 g/mol. The molecule has 2 heterocycles. The van der Waals surface area contributed by atoms with Gasteiger partial charge in [0.1, 0.15) is 0 Å². The standard InChI is InChI=1S/C24H28F3N5O/c1-32(2)19(10-16-5-6-18-14-30-31-21(18)11-16)15-29-22(33)12-20(17-4-3-9-28-13-17)23(7-8-23)24(25,26)27/h3-6,9,11,13-14,19-20H,7-8,10,12,15H2,1-2H3,(H,29,33)(H,30,31)/t19-,20-/m0/s1. The van der Waals surface area contributed by atoms with Crippen molar-refractivity contribution in [1.82, 2.24) is 25.4 Å². The topological polar surface area (TPSA) is 73.9 Å². The van der Waals surface area contributed by atoms with Gasteiger partial charge in [-0.3, -0.25) is 14.9 Å². The van der Waals surface area contributed by atoms with E-state index in [0.29, 0.717) is 18.5 Å². The second-order valence-corrected chi connectivity index (χ2v) is 9.11. The first kappa shape index (κ1) is 23.2. The Morgan fingerprint density at radius 2 is 2.03 bits per heavy atom. The molecule has 1 aliphatic rings. The van der Waals surface area contributed by atoms with Crippen molar-refractivity contribution in [3.63, 3.8) is 0 Å². The van der Waals surface area contributed by atoms with Gasteiger partial charge in [-0.05, 0) is 56.6 Å². The number of H-pyrrole nitrogens is 1. The molecule has 4 rings (SSSR count). The van der Waals surface area contributed by atoms with Crippen molar-refractivity contribution in [2.45, 2.75) is 43.8 Å². The molecule has 6 nitrogen and oxygen atoms in total. The van der Waals surface area contributed by atoms with E-state index >= 15 is 0 Å². The maximum atomic E-state index is 13.9. The number of hydrogen-bond donors (Lipinski definition) is 2. The number of aromatic nitrogens is 3. The Balaban J connectivity index is 1.43. The number of amides is 1. The Morgan fingerprint density at radius 3 is 2.67 bits per heavy atom. The Labute approximate surface area is 190 Å². The Morgan fingerprint density at radius 1 is 1.24 bits per heavy atom. The molecule has 1 fully saturated rings. The van der Waals surface area contributed by atoms with Crippen LogP contribution in [0, 0.1) is 5.41 Å². The summed E-state index contributed by atoms with van der Waals surface area (Å²) in [6, 6.07) is 9.28. The summed E-state index contributed by atoms with van der Waals surface area (Å²) in [6.07, 6.45) is 0.917. The van der Waals surface area contributed by atoms with Crippen LogP contribution in [0.1, 0.15) is 36.3 Å². The van der Waals surface area contributed by atoms with Gasteiger partial charge in [0, 0.05) is 42.7 Å². The molecule has 1 saturated carbocycles. The van der Waals surface area contributed by atoms with Crippen molar-refractivity contribution in [3.8, 4) is 0 Å². The summed E-state index contributed by atoms with van der Waals surface area (Å²) in [7, 11) is 3.85. The molecule has 9 heteroatoms. The molecule has 0 spiro atoms. The van der Waals surface area contributed by atoms with Crippen molar-refractivity contribution in [2.75, 3.05) is 20.6 Å². The molecule has 0 aliphatic heterocycles. The van der Waals surface area contributed by atoms with E-state index in [1.165, 1.54) is 12.4 Å². The Kier molecular flexibility index (Phi) is 6.43. The van der Waals surface area contributed by atoms with Gasteiger partial charge in [-0.1, -0.05) is 18.2 Å². The van der Waals surface area contributed by atoms with Crippen molar-refractivity contribution in [2.24, 2.45) is 5.41 Å². The number of alkyl halides is 3. The maximum Gasteiger partial charge on any atom is 0.395 e. The second kappa shape index (κ2) is 9.13. The van der Waals surface area contributed by atoms with Gasteiger partial charge in [-0.25, -0.2) is 0 Å². The van der Waals surface area contributed by atoms with Gasteiger partial charge in [0.2, 0.25) is 5.91 Å². The monoisotopic (exact) mass is 459 g/mol. The van der Waals surface area contributed by atoms with Crippen molar-refractivity contribution in [1.29, 1.82) is 0 Å². The maximum absolute atomic E-state index is 13.9. The number of fused-ring (bicyclic) bond motifs is 1. The van der Waals surface area contributed by atoms with Crippen LogP contribution in [0.2, 0.25) is 0 Å². The van der Waals surface area contributed by atoms with Crippen molar-refractivity contribution < 1.29 is 18.0 Å². The molecule has 33 heavy (non-hydrogen) atoms. The highest BCUT2D eigenvalue weighted by molar-refractivity contribution is 5.78. The number of nitrogens with one attached hydrogen (secondary N) is 2. The van der Waals surface area contributed by atoms with Gasteiger partial charge in [-0.15, -0.1) is 0 Å². The molecule has 1 aliphatic carbocycles. The van der Waals surface area contributed by atoms with E-state index < -0.39 is 17.5 Å². The van der Waals surface area contributed by atoms with Crippen LogP contribution in [-0.2, 0) is 11.2 Å². The first-order chi connectivity index (χ1) is 15.7. The molecule has 3 aromatic rings. The van der Waals surface area contributed by atoms with E-state index in [1.54, 1.807) is 18.3 Å². The van der Waals surface area contributed by atoms with Crippen LogP contribution < -0.4 is 5.32 Å². The predicted octanol–water partition coefficient (Wildman–Crippen LogP) is 4.06. The number of rotatable bonds is 9. The number of benzene rings is 1. The zero-order valence-electron chi connectivity index (χ0n) is 18.7. The van der Waals surface area contributed by atoms with E-state index in [-0.39, 0.29) is 31.2 Å². The largest absolute Gasteiger partial charge is 0.395 e. The fraction of sp³-hybridized carbons (Fsp3) is 0.458. The summed E-state index contributed by atoms with van der Waals surface area (Å²) in [4.78, 5) is 18.8. The normalized spacial score (nSPS) is 17.2. The van der Waals surface area contributed by atoms with E-state index in [2.05, 4.69) is 20.5 Å². The number of carbonyl (C=O) groups excluding carboxylic acids is 1. The van der Waals surface area contributed by atoms with Crippen LogP contribution in [0.15, 0.2) is 48.9 Å². The van der Waals surface area contributed by atoms with E-state index in [1.807, 2.05) is 37.2 Å². The van der Waals surface area contributed by atoms with Gasteiger partial charge in [0.25, 0.3) is 0 Å². The molecule has 176 valence electrons. The SMILES string of the molecule is CN(C)[C@H](CNC(=O)C[C@@H](c1cccnc1)C1(C(F)(F)F)CC1)Cc1ccc2cn[nH]c2c1. The minimum absolute atomic E-state index is 0.0105. The fourth-order valence-electron chi connectivity index (χ4n) is 4.49. The van der Waals surface area contributed by atoms with Crippen LogP contribution in [-0.4, -0.2) is 58.8 Å². The van der Waals surface area contributed by atoms with Crippen molar-refractivity contribution >= 4 is 16.8 Å². The van der Waals surface area contributed by atoms with Crippen LogP contribution >= 0.6 is 0 Å². The van der Waals surface area contributed by atoms with Gasteiger partial charge < -0.3 is 10.2 Å². The lowest BCUT2D eigenvalue weighted by Crippen LogP contribution is -2.42. The first-order valence-electron chi connectivity index (χ1n) is 11.0. The van der Waals surface area contributed by atoms with Gasteiger partial charge in [0.15, 0.2) is 0 Å². The highest BCUT2D eigenvalue weighted by atomic mass is 19.4. The molecule has 2 atom stereocenters. The molecule has 2 aromatic heterocycles. The van der Waals surface area contributed by atoms with E-state index in [9.17, 15) is 18.0 Å². The second-order valence-electron chi connectivity index (χ2n) is 9.11. The smallest absolute Gasteiger partial charge is 0.355 e. The summed E-state index contributed by atoms with van der Waals surface area (Å²) in [5.74, 6) is -1.32. The summed E-state index contributed by atoms with van der Waals surface area (Å²) in [5, 5.41) is 10.9. The number of hydrogen-bond acceptors (Lipinski definition) is 4. The fourth-order valence-corrected chi connectivity index (χ4v) is 4.49. The van der Waals surface area contributed by atoms with Crippen LogP contribution in [0.5, 0.6) is 0 Å². The van der Waals surface area contributed by atoms with Gasteiger partial charge in [0.05, 0.1) is 17.1 Å². The molecule has 0 radical (unpaired) electrons. The highest BCUT2D eigenvalue weighted by Gasteiger charge is 2.67. The Hall–Kier alpha value is -2.94. The number of carbonyl (C=O) groups is 1. The molecule has 0 bridgehead atoms. The summed E-state index contributed by atoms with van der Waals surface area (Å²) in [5.41, 5.74) is 0.644. The highest BCUT2D eigenvalue weighted by Crippen LogP contribution is 2.66. The summed E-state index contributed by atoms with van der Waals surface area (Å²) >= 11 is 0. The lowest BCUT2D eigenvalue weighted by atomic mass is 9.80. The average Bonchev–Trinajstić information content (AvgIpc) is 3.47. The van der Waals surface area contributed by atoms with E-state index in [0.717, 1.165) is 16.5 Å². The zero-order chi connectivity index (χ0) is 23.6. The first-order valence-corrected chi connectivity index (χ1v) is 11.0. The molecule has 1 aromatic carbocycles. The molecule has 2 N–H and O–H groups in total. The van der Waals surface area contributed by atoms with Crippen LogP contribution in [0.4, 0.5) is 13.2 Å². The third kappa shape index (κ3) is 5.03. The Bertz CT molecular complexity index is 1090. The number of aromatic amines is 1. The summed E-state index contributed by atoms with van der Waals surface area (Å²) < 4.78 is 41.6. The van der Waals surface area contributed by atoms with Crippen molar-refractivity contribution in [3.05, 3.63) is 60.0 Å². The molecular weight excluding hydrogens is 431 g/mol. The number of halogens is 3. The quantitative estimate of drug-likeness (QED) is 0.506. The minimum Gasteiger partial charge on any atom is -0.355 e. The molecule has 0 unspecified atom stereocenters. The summed E-state index contributed by atoms with van der Waals surface area (Å²) in [6.45, 7) is 0.339. The molecule has 1 amide bonds. The minimum atomic E-state index is -4.36. The number of nitrogens with zero attached hydrogens (tertiary/aromatic N) is 3. The molecule has 0 saturated heterocycles. The van der Waals surface area contributed by atoms with E-state index in [4.69, 9.17) is 0 Å². The third-order valence-corrected chi connectivity index (χ3v) is 6.74. The van der Waals surface area contributed by atoms with Gasteiger partial charge >= 0.3 is 6.18 Å². The van der Waals surface area contributed by atoms with Crippen LogP contribution in [0.25, 0.3) is 10.9 Å². The lowest BCUT2D eigenvalue weighted by molar-refractivity contribution is -0.194. The number of pyridine rings is 1.